The smallest absolute Gasteiger partial charge is 0.134 e. The van der Waals surface area contributed by atoms with Gasteiger partial charge >= 0.3 is 0 Å². The van der Waals surface area contributed by atoms with Crippen LogP contribution in [0, 0.1) is 0 Å². The molecule has 0 radical (unpaired) electrons. The Balaban J connectivity index is 2.14. The summed E-state index contributed by atoms with van der Waals surface area (Å²) in [6.07, 6.45) is 0. The molecule has 0 unspecified atom stereocenters. The standard InChI is InChI=1S/C18H22BrNO/c1-18(2,3)15-8-9-17(16(19)10-15)21-12-14-7-5-4-6-13(14)11-20/h4-10H,11-12,20H2,1-3H3. The second-order valence-corrected chi connectivity index (χ2v) is 7.01. The van der Waals surface area contributed by atoms with Crippen LogP contribution in [0.15, 0.2) is 46.9 Å². The van der Waals surface area contributed by atoms with E-state index < -0.39 is 0 Å². The Morgan fingerprint density at radius 2 is 1.71 bits per heavy atom. The molecule has 2 rings (SSSR count). The van der Waals surface area contributed by atoms with Crippen molar-refractivity contribution in [3.8, 4) is 5.75 Å². The Hall–Kier alpha value is -1.32. The van der Waals surface area contributed by atoms with Gasteiger partial charge in [0, 0.05) is 6.54 Å². The first-order valence-electron chi connectivity index (χ1n) is 7.11. The van der Waals surface area contributed by atoms with Gasteiger partial charge < -0.3 is 10.5 Å². The van der Waals surface area contributed by atoms with Crippen LogP contribution in [0.25, 0.3) is 0 Å². The van der Waals surface area contributed by atoms with E-state index in [9.17, 15) is 0 Å². The summed E-state index contributed by atoms with van der Waals surface area (Å²) < 4.78 is 6.92. The summed E-state index contributed by atoms with van der Waals surface area (Å²) in [5.41, 5.74) is 9.42. The lowest BCUT2D eigenvalue weighted by molar-refractivity contribution is 0.303. The molecule has 0 heterocycles. The first kappa shape index (κ1) is 16.1. The van der Waals surface area contributed by atoms with Crippen molar-refractivity contribution in [3.05, 3.63) is 63.6 Å². The normalized spacial score (nSPS) is 11.5. The molecule has 2 nitrogen and oxygen atoms in total. The zero-order valence-corrected chi connectivity index (χ0v) is 14.4. The van der Waals surface area contributed by atoms with Crippen molar-refractivity contribution in [1.29, 1.82) is 0 Å². The molecule has 0 saturated carbocycles. The molecule has 0 amide bonds. The third kappa shape index (κ3) is 4.08. The minimum absolute atomic E-state index is 0.132. The van der Waals surface area contributed by atoms with Crippen molar-refractivity contribution >= 4 is 15.9 Å². The fourth-order valence-electron chi connectivity index (χ4n) is 2.14. The second-order valence-electron chi connectivity index (χ2n) is 6.16. The number of nitrogens with two attached hydrogens (primary N) is 1. The number of ether oxygens (including phenoxy) is 1. The SMILES string of the molecule is CC(C)(C)c1ccc(OCc2ccccc2CN)c(Br)c1. The molecular formula is C18H22BrNO. The van der Waals surface area contributed by atoms with Gasteiger partial charge in [-0.15, -0.1) is 0 Å². The lowest BCUT2D eigenvalue weighted by Crippen LogP contribution is -2.11. The highest BCUT2D eigenvalue weighted by molar-refractivity contribution is 9.10. The minimum Gasteiger partial charge on any atom is -0.488 e. The molecule has 0 saturated heterocycles. The van der Waals surface area contributed by atoms with Gasteiger partial charge in [-0.25, -0.2) is 0 Å². The third-order valence-electron chi connectivity index (χ3n) is 3.52. The highest BCUT2D eigenvalue weighted by Gasteiger charge is 2.15. The molecule has 0 fully saturated rings. The van der Waals surface area contributed by atoms with E-state index >= 15 is 0 Å². The molecule has 0 spiro atoms. The zero-order chi connectivity index (χ0) is 15.5. The van der Waals surface area contributed by atoms with Gasteiger partial charge in [-0.3, -0.25) is 0 Å². The molecule has 0 aromatic heterocycles. The number of rotatable bonds is 4. The fraction of sp³-hybridized carbons (Fsp3) is 0.333. The van der Waals surface area contributed by atoms with Gasteiger partial charge in [-0.1, -0.05) is 51.1 Å². The maximum absolute atomic E-state index is 5.93. The van der Waals surface area contributed by atoms with E-state index in [0.29, 0.717) is 13.2 Å². The number of hydrogen-bond acceptors (Lipinski definition) is 2. The molecule has 0 bridgehead atoms. The molecular weight excluding hydrogens is 326 g/mol. The first-order valence-corrected chi connectivity index (χ1v) is 7.91. The minimum atomic E-state index is 0.132. The van der Waals surface area contributed by atoms with Crippen LogP contribution in [0.1, 0.15) is 37.5 Å². The topological polar surface area (TPSA) is 35.2 Å². The van der Waals surface area contributed by atoms with Crippen molar-refractivity contribution in [2.24, 2.45) is 5.73 Å². The highest BCUT2D eigenvalue weighted by atomic mass is 79.9. The van der Waals surface area contributed by atoms with E-state index in [-0.39, 0.29) is 5.41 Å². The summed E-state index contributed by atoms with van der Waals surface area (Å²) in [6.45, 7) is 7.66. The summed E-state index contributed by atoms with van der Waals surface area (Å²) in [7, 11) is 0. The molecule has 0 aliphatic heterocycles. The average Bonchev–Trinajstić information content (AvgIpc) is 2.45. The zero-order valence-electron chi connectivity index (χ0n) is 12.8. The van der Waals surface area contributed by atoms with Gasteiger partial charge in [-0.05, 0) is 50.2 Å². The lowest BCUT2D eigenvalue weighted by Gasteiger charge is -2.20. The molecule has 112 valence electrons. The predicted octanol–water partition coefficient (Wildman–Crippen LogP) is 4.78. The van der Waals surface area contributed by atoms with Gasteiger partial charge in [0.25, 0.3) is 0 Å². The Morgan fingerprint density at radius 1 is 1.05 bits per heavy atom. The van der Waals surface area contributed by atoms with Crippen LogP contribution in [0.3, 0.4) is 0 Å². The monoisotopic (exact) mass is 347 g/mol. The molecule has 3 heteroatoms. The van der Waals surface area contributed by atoms with Crippen molar-refractivity contribution < 1.29 is 4.74 Å². The van der Waals surface area contributed by atoms with Gasteiger partial charge in [-0.2, -0.15) is 0 Å². The summed E-state index contributed by atoms with van der Waals surface area (Å²) in [4.78, 5) is 0. The van der Waals surface area contributed by atoms with Gasteiger partial charge in [0.2, 0.25) is 0 Å². The van der Waals surface area contributed by atoms with Crippen LogP contribution in [-0.2, 0) is 18.6 Å². The van der Waals surface area contributed by atoms with E-state index in [1.54, 1.807) is 0 Å². The maximum atomic E-state index is 5.93. The van der Waals surface area contributed by atoms with Crippen LogP contribution < -0.4 is 10.5 Å². The van der Waals surface area contributed by atoms with Gasteiger partial charge in [0.1, 0.15) is 12.4 Å². The molecule has 2 N–H and O–H groups in total. The Bertz CT molecular complexity index is 617. The van der Waals surface area contributed by atoms with Crippen molar-refractivity contribution in [2.75, 3.05) is 0 Å². The fourth-order valence-corrected chi connectivity index (χ4v) is 2.63. The van der Waals surface area contributed by atoms with Crippen molar-refractivity contribution in [1.82, 2.24) is 0 Å². The number of hydrogen-bond donors (Lipinski definition) is 1. The highest BCUT2D eigenvalue weighted by Crippen LogP contribution is 2.32. The Morgan fingerprint density at radius 3 is 2.29 bits per heavy atom. The molecule has 0 aliphatic rings. The van der Waals surface area contributed by atoms with Crippen molar-refractivity contribution in [2.45, 2.75) is 39.3 Å². The lowest BCUT2D eigenvalue weighted by atomic mass is 9.87. The Labute approximate surface area is 135 Å². The average molecular weight is 348 g/mol. The van der Waals surface area contributed by atoms with E-state index in [1.165, 1.54) is 5.56 Å². The van der Waals surface area contributed by atoms with Crippen LogP contribution in [0.2, 0.25) is 0 Å². The summed E-state index contributed by atoms with van der Waals surface area (Å²) >= 11 is 3.60. The van der Waals surface area contributed by atoms with Gasteiger partial charge in [0.15, 0.2) is 0 Å². The summed E-state index contributed by atoms with van der Waals surface area (Å²) in [5.74, 6) is 0.856. The van der Waals surface area contributed by atoms with E-state index in [1.807, 2.05) is 24.3 Å². The third-order valence-corrected chi connectivity index (χ3v) is 4.14. The predicted molar refractivity (Wildman–Crippen MR) is 91.5 cm³/mol. The van der Waals surface area contributed by atoms with Gasteiger partial charge in [0.05, 0.1) is 4.47 Å². The van der Waals surface area contributed by atoms with Crippen molar-refractivity contribution in [3.63, 3.8) is 0 Å². The molecule has 21 heavy (non-hydrogen) atoms. The van der Waals surface area contributed by atoms with Crippen LogP contribution in [0.4, 0.5) is 0 Å². The number of halogens is 1. The van der Waals surface area contributed by atoms with E-state index in [0.717, 1.165) is 21.3 Å². The van der Waals surface area contributed by atoms with Crippen LogP contribution >= 0.6 is 15.9 Å². The maximum Gasteiger partial charge on any atom is 0.134 e. The van der Waals surface area contributed by atoms with E-state index in [4.69, 9.17) is 10.5 Å². The molecule has 2 aromatic carbocycles. The van der Waals surface area contributed by atoms with Crippen LogP contribution in [0.5, 0.6) is 5.75 Å². The summed E-state index contributed by atoms with van der Waals surface area (Å²) in [5, 5.41) is 0. The molecule has 0 atom stereocenters. The van der Waals surface area contributed by atoms with E-state index in [2.05, 4.69) is 54.9 Å². The first-order chi connectivity index (χ1) is 9.91. The molecule has 2 aromatic rings. The number of benzene rings is 2. The quantitative estimate of drug-likeness (QED) is 0.863. The summed E-state index contributed by atoms with van der Waals surface area (Å²) in [6, 6.07) is 14.4. The van der Waals surface area contributed by atoms with Crippen LogP contribution in [-0.4, -0.2) is 0 Å². The Kier molecular flexibility index (Phi) is 5.07. The second kappa shape index (κ2) is 6.63. The molecule has 0 aliphatic carbocycles. The largest absolute Gasteiger partial charge is 0.488 e.